The Balaban J connectivity index is 2.37. The highest BCUT2D eigenvalue weighted by molar-refractivity contribution is 5.75. The number of hydrogen-bond acceptors (Lipinski definition) is 5. The highest BCUT2D eigenvalue weighted by atomic mass is 19.4. The molecule has 2 aromatic rings. The summed E-state index contributed by atoms with van der Waals surface area (Å²) in [6.45, 7) is 3.26. The summed E-state index contributed by atoms with van der Waals surface area (Å²) in [5, 5.41) is 3.44. The number of aromatic nitrogens is 4. The Morgan fingerprint density at radius 3 is 2.59 bits per heavy atom. The van der Waals surface area contributed by atoms with E-state index >= 15 is 0 Å². The molecule has 22 heavy (non-hydrogen) atoms. The van der Waals surface area contributed by atoms with Gasteiger partial charge < -0.3 is 0 Å². The second-order valence-corrected chi connectivity index (χ2v) is 4.64. The number of alkyl halides is 3. The predicted molar refractivity (Wildman–Crippen MR) is 68.7 cm³/mol. The highest BCUT2D eigenvalue weighted by Crippen LogP contribution is 2.27. The molecule has 0 saturated carbocycles. The number of nitrogens with zero attached hydrogens (tertiary/aromatic N) is 4. The third-order valence-corrected chi connectivity index (χ3v) is 3.12. The van der Waals surface area contributed by atoms with Crippen LogP contribution in [-0.2, 0) is 22.2 Å². The molecule has 2 aromatic heterocycles. The van der Waals surface area contributed by atoms with Crippen LogP contribution in [0, 0.1) is 13.8 Å². The molecule has 1 N–H and O–H groups in total. The van der Waals surface area contributed by atoms with Crippen LogP contribution >= 0.6 is 0 Å². The first kappa shape index (κ1) is 16.1. The molecule has 120 valence electrons. The summed E-state index contributed by atoms with van der Waals surface area (Å²) >= 11 is 0. The van der Waals surface area contributed by atoms with E-state index in [4.69, 9.17) is 0 Å². The summed E-state index contributed by atoms with van der Waals surface area (Å²) in [5.74, 6) is -1.69. The highest BCUT2D eigenvalue weighted by Gasteiger charge is 2.36. The van der Waals surface area contributed by atoms with Gasteiger partial charge in [-0.15, -0.1) is 5.10 Å². The van der Waals surface area contributed by atoms with Gasteiger partial charge in [-0.1, -0.05) is 0 Å². The van der Waals surface area contributed by atoms with E-state index in [0.717, 1.165) is 4.52 Å². The summed E-state index contributed by atoms with van der Waals surface area (Å²) in [6, 6.07) is 0. The predicted octanol–water partition coefficient (Wildman–Crippen LogP) is 1.37. The van der Waals surface area contributed by atoms with Crippen LogP contribution in [0.1, 0.15) is 29.2 Å². The minimum atomic E-state index is -4.63. The van der Waals surface area contributed by atoms with Gasteiger partial charge in [-0.05, 0) is 25.8 Å². The van der Waals surface area contributed by atoms with Gasteiger partial charge in [-0.25, -0.2) is 15.0 Å². The largest absolute Gasteiger partial charge is 0.453 e. The second kappa shape index (κ2) is 5.87. The average Bonchev–Trinajstić information content (AvgIpc) is 2.82. The standard InChI is InChI=1S/C12H14F3N5O2/c1-6-8(4-5-9(21)19-22-3)7(2)20-11(16-6)17-10(18-20)12(13,14)15/h4-5H2,1-3H3,(H,19,21). The van der Waals surface area contributed by atoms with Crippen molar-refractivity contribution >= 4 is 11.7 Å². The lowest BCUT2D eigenvalue weighted by molar-refractivity contribution is -0.144. The van der Waals surface area contributed by atoms with Gasteiger partial charge in [0.15, 0.2) is 0 Å². The van der Waals surface area contributed by atoms with Crippen LogP contribution in [0.15, 0.2) is 0 Å². The quantitative estimate of drug-likeness (QED) is 0.861. The molecular formula is C12H14F3N5O2. The Bertz CT molecular complexity index is 711. The minimum absolute atomic E-state index is 0.115. The van der Waals surface area contributed by atoms with Gasteiger partial charge in [-0.3, -0.25) is 9.63 Å². The molecule has 0 unspecified atom stereocenters. The summed E-state index contributed by atoms with van der Waals surface area (Å²) in [7, 11) is 1.32. The number of amides is 1. The zero-order chi connectivity index (χ0) is 16.5. The number of carbonyl (C=O) groups is 1. The van der Waals surface area contributed by atoms with Crippen LogP contribution in [0.3, 0.4) is 0 Å². The van der Waals surface area contributed by atoms with E-state index in [1.54, 1.807) is 13.8 Å². The third-order valence-electron chi connectivity index (χ3n) is 3.12. The molecule has 0 radical (unpaired) electrons. The zero-order valence-corrected chi connectivity index (χ0v) is 12.2. The van der Waals surface area contributed by atoms with Crippen molar-refractivity contribution in [3.05, 3.63) is 22.8 Å². The second-order valence-electron chi connectivity index (χ2n) is 4.64. The van der Waals surface area contributed by atoms with Crippen molar-refractivity contribution in [2.24, 2.45) is 0 Å². The van der Waals surface area contributed by atoms with E-state index in [0.29, 0.717) is 23.4 Å². The molecule has 0 fully saturated rings. The van der Waals surface area contributed by atoms with Gasteiger partial charge in [-0.2, -0.15) is 18.2 Å². The van der Waals surface area contributed by atoms with Crippen molar-refractivity contribution in [3.8, 4) is 0 Å². The van der Waals surface area contributed by atoms with Gasteiger partial charge in [0.2, 0.25) is 5.91 Å². The number of hydrogen-bond donors (Lipinski definition) is 1. The normalized spacial score (nSPS) is 11.9. The van der Waals surface area contributed by atoms with E-state index in [2.05, 4.69) is 25.4 Å². The lowest BCUT2D eigenvalue weighted by Crippen LogP contribution is -2.22. The fourth-order valence-electron chi connectivity index (χ4n) is 2.09. The molecule has 0 aliphatic heterocycles. The van der Waals surface area contributed by atoms with Crippen LogP contribution in [0.5, 0.6) is 0 Å². The smallest absolute Gasteiger partial charge is 0.277 e. The van der Waals surface area contributed by atoms with Crippen molar-refractivity contribution in [2.45, 2.75) is 32.9 Å². The molecule has 10 heteroatoms. The van der Waals surface area contributed by atoms with Gasteiger partial charge >= 0.3 is 6.18 Å². The first-order valence-electron chi connectivity index (χ1n) is 6.36. The fourth-order valence-corrected chi connectivity index (χ4v) is 2.09. The average molecular weight is 317 g/mol. The van der Waals surface area contributed by atoms with Crippen LogP contribution in [0.4, 0.5) is 13.2 Å². The van der Waals surface area contributed by atoms with E-state index in [9.17, 15) is 18.0 Å². The Morgan fingerprint density at radius 2 is 2.00 bits per heavy atom. The Hall–Kier alpha value is -2.23. The summed E-state index contributed by atoms with van der Waals surface area (Å²) < 4.78 is 39.0. The summed E-state index contributed by atoms with van der Waals surface area (Å²) in [4.78, 5) is 23.3. The molecule has 0 bridgehead atoms. The lowest BCUT2D eigenvalue weighted by atomic mass is 10.1. The molecule has 7 nitrogen and oxygen atoms in total. The Morgan fingerprint density at radius 1 is 1.32 bits per heavy atom. The first-order chi connectivity index (χ1) is 10.2. The van der Waals surface area contributed by atoms with E-state index in [1.165, 1.54) is 7.11 Å². The molecule has 0 spiro atoms. The number of carbonyl (C=O) groups excluding carboxylic acids is 1. The Kier molecular flexibility index (Phi) is 4.31. The third kappa shape index (κ3) is 3.16. The van der Waals surface area contributed by atoms with E-state index in [-0.39, 0.29) is 18.1 Å². The van der Waals surface area contributed by atoms with Crippen LogP contribution < -0.4 is 5.48 Å². The molecule has 0 aromatic carbocycles. The monoisotopic (exact) mass is 317 g/mol. The molecule has 0 aliphatic carbocycles. The minimum Gasteiger partial charge on any atom is -0.277 e. The SMILES string of the molecule is CONC(=O)CCc1c(C)nc2nc(C(F)(F)F)nn2c1C. The zero-order valence-electron chi connectivity index (χ0n) is 12.2. The van der Waals surface area contributed by atoms with Gasteiger partial charge in [0, 0.05) is 17.8 Å². The van der Waals surface area contributed by atoms with Crippen molar-refractivity contribution in [3.63, 3.8) is 0 Å². The maximum absolute atomic E-state index is 12.7. The summed E-state index contributed by atoms with van der Waals surface area (Å²) in [6.07, 6.45) is -4.22. The van der Waals surface area contributed by atoms with Crippen molar-refractivity contribution in [2.75, 3.05) is 7.11 Å². The van der Waals surface area contributed by atoms with Crippen molar-refractivity contribution in [1.82, 2.24) is 25.1 Å². The number of nitrogens with one attached hydrogen (secondary N) is 1. The molecule has 0 aliphatic rings. The summed E-state index contributed by atoms with van der Waals surface area (Å²) in [5.41, 5.74) is 3.80. The number of fused-ring (bicyclic) bond motifs is 1. The molecule has 2 rings (SSSR count). The molecule has 2 heterocycles. The maximum atomic E-state index is 12.7. The van der Waals surface area contributed by atoms with E-state index < -0.39 is 12.0 Å². The lowest BCUT2D eigenvalue weighted by Gasteiger charge is -2.09. The van der Waals surface area contributed by atoms with Crippen molar-refractivity contribution < 1.29 is 22.8 Å². The van der Waals surface area contributed by atoms with Crippen LogP contribution in [0.2, 0.25) is 0 Å². The Labute approximate surface area is 123 Å². The van der Waals surface area contributed by atoms with Crippen molar-refractivity contribution in [1.29, 1.82) is 0 Å². The molecule has 0 saturated heterocycles. The van der Waals surface area contributed by atoms with Crippen LogP contribution in [0.25, 0.3) is 5.78 Å². The topological polar surface area (TPSA) is 81.4 Å². The van der Waals surface area contributed by atoms with Crippen LogP contribution in [-0.4, -0.2) is 32.6 Å². The number of rotatable bonds is 4. The van der Waals surface area contributed by atoms with Gasteiger partial charge in [0.1, 0.15) is 0 Å². The number of aryl methyl sites for hydroxylation is 2. The molecular weight excluding hydrogens is 303 g/mol. The van der Waals surface area contributed by atoms with E-state index in [1.807, 2.05) is 0 Å². The fraction of sp³-hybridized carbons (Fsp3) is 0.500. The van der Waals surface area contributed by atoms with Gasteiger partial charge in [0.05, 0.1) is 7.11 Å². The molecule has 0 atom stereocenters. The number of hydroxylamine groups is 1. The van der Waals surface area contributed by atoms with Gasteiger partial charge in [0.25, 0.3) is 11.6 Å². The number of halogens is 3. The maximum Gasteiger partial charge on any atom is 0.453 e. The molecule has 1 amide bonds. The first-order valence-corrected chi connectivity index (χ1v) is 6.36.